The number of nitrogen functional groups attached to an aromatic ring is 1. The van der Waals surface area contributed by atoms with Gasteiger partial charge < -0.3 is 5.73 Å². The molecular weight excluding hydrogens is 194 g/mol. The van der Waals surface area contributed by atoms with E-state index in [2.05, 4.69) is 46.8 Å². The van der Waals surface area contributed by atoms with Gasteiger partial charge in [-0.05, 0) is 34.9 Å². The highest BCUT2D eigenvalue weighted by molar-refractivity contribution is 5.58. The van der Waals surface area contributed by atoms with Gasteiger partial charge in [0.05, 0.1) is 0 Å². The Balaban J connectivity index is 3.27. The molecule has 0 atom stereocenters. The van der Waals surface area contributed by atoms with Crippen molar-refractivity contribution >= 4 is 5.69 Å². The van der Waals surface area contributed by atoms with Crippen LogP contribution in [-0.4, -0.2) is 0 Å². The third-order valence-corrected chi connectivity index (χ3v) is 3.09. The summed E-state index contributed by atoms with van der Waals surface area (Å²) in [6.07, 6.45) is 2.35. The van der Waals surface area contributed by atoms with E-state index in [9.17, 15) is 0 Å². The molecule has 0 aliphatic rings. The lowest BCUT2D eigenvalue weighted by atomic mass is 9.89. The van der Waals surface area contributed by atoms with Gasteiger partial charge in [-0.1, -0.05) is 53.2 Å². The smallest absolute Gasteiger partial charge is 0.0384 e. The molecule has 1 aromatic rings. The molecule has 0 fully saturated rings. The third-order valence-electron chi connectivity index (χ3n) is 3.09. The maximum Gasteiger partial charge on any atom is 0.0384 e. The molecule has 0 saturated carbocycles. The Morgan fingerprint density at radius 3 is 1.75 bits per heavy atom. The minimum Gasteiger partial charge on any atom is -0.398 e. The normalized spacial score (nSPS) is 11.4. The van der Waals surface area contributed by atoms with Crippen molar-refractivity contribution in [1.82, 2.24) is 0 Å². The highest BCUT2D eigenvalue weighted by atomic mass is 14.6. The molecule has 2 N–H and O–H groups in total. The second-order valence-electron chi connectivity index (χ2n) is 5.25. The van der Waals surface area contributed by atoms with E-state index in [4.69, 9.17) is 5.73 Å². The molecule has 1 heteroatoms. The van der Waals surface area contributed by atoms with E-state index in [1.165, 1.54) is 23.1 Å². The summed E-state index contributed by atoms with van der Waals surface area (Å²) in [5.74, 6) is 1.02. The van der Waals surface area contributed by atoms with Crippen LogP contribution in [0.2, 0.25) is 0 Å². The van der Waals surface area contributed by atoms with Gasteiger partial charge >= 0.3 is 0 Å². The van der Waals surface area contributed by atoms with E-state index in [0.717, 1.165) is 12.1 Å². The predicted molar refractivity (Wildman–Crippen MR) is 73.0 cm³/mol. The lowest BCUT2D eigenvalue weighted by molar-refractivity contribution is 0.825. The van der Waals surface area contributed by atoms with Crippen LogP contribution in [0.5, 0.6) is 0 Å². The maximum absolute atomic E-state index is 6.25. The van der Waals surface area contributed by atoms with Gasteiger partial charge in [0.15, 0.2) is 0 Å². The molecule has 0 unspecified atom stereocenters. The zero-order chi connectivity index (χ0) is 12.3. The van der Waals surface area contributed by atoms with Crippen LogP contribution in [0.3, 0.4) is 0 Å². The third kappa shape index (κ3) is 2.78. The van der Waals surface area contributed by atoms with Gasteiger partial charge in [0.25, 0.3) is 0 Å². The Bertz CT molecular complexity index is 321. The summed E-state index contributed by atoms with van der Waals surface area (Å²) < 4.78 is 0. The van der Waals surface area contributed by atoms with Crippen LogP contribution in [0.1, 0.15) is 69.6 Å². The average Bonchev–Trinajstić information content (AvgIpc) is 2.19. The number of rotatable bonds is 4. The van der Waals surface area contributed by atoms with Gasteiger partial charge in [-0.15, -0.1) is 0 Å². The first-order valence-corrected chi connectivity index (χ1v) is 6.39. The van der Waals surface area contributed by atoms with Crippen molar-refractivity contribution in [3.05, 3.63) is 28.8 Å². The van der Waals surface area contributed by atoms with Crippen molar-refractivity contribution in [1.29, 1.82) is 0 Å². The lowest BCUT2D eigenvalue weighted by Gasteiger charge is -2.18. The van der Waals surface area contributed by atoms with E-state index in [1.807, 2.05) is 0 Å². The standard InChI is InChI=1S/C15H25N/c1-6-7-12-8-13(10(2)3)15(16)14(9-12)11(4)5/h8-11H,6-7,16H2,1-5H3. The molecule has 0 heterocycles. The molecule has 1 aromatic carbocycles. The van der Waals surface area contributed by atoms with Crippen molar-refractivity contribution in [2.75, 3.05) is 5.73 Å². The number of benzene rings is 1. The van der Waals surface area contributed by atoms with Crippen LogP contribution in [0.25, 0.3) is 0 Å². The van der Waals surface area contributed by atoms with Crippen molar-refractivity contribution in [3.63, 3.8) is 0 Å². The molecule has 1 nitrogen and oxygen atoms in total. The van der Waals surface area contributed by atoms with Crippen LogP contribution < -0.4 is 5.73 Å². The Morgan fingerprint density at radius 1 is 1.00 bits per heavy atom. The summed E-state index contributed by atoms with van der Waals surface area (Å²) in [5, 5.41) is 0. The first kappa shape index (κ1) is 13.1. The SMILES string of the molecule is CCCc1cc(C(C)C)c(N)c(C(C)C)c1. The topological polar surface area (TPSA) is 26.0 Å². The molecule has 0 amide bonds. The molecule has 1 rings (SSSR count). The highest BCUT2D eigenvalue weighted by Crippen LogP contribution is 2.31. The Labute approximate surface area is 100 Å². The van der Waals surface area contributed by atoms with Gasteiger partial charge in [-0.3, -0.25) is 0 Å². The van der Waals surface area contributed by atoms with Crippen molar-refractivity contribution in [2.24, 2.45) is 0 Å². The molecule has 0 bridgehead atoms. The van der Waals surface area contributed by atoms with Gasteiger partial charge in [-0.25, -0.2) is 0 Å². The second kappa shape index (κ2) is 5.38. The number of hydrogen-bond acceptors (Lipinski definition) is 1. The molecule has 0 aliphatic heterocycles. The maximum atomic E-state index is 6.25. The quantitative estimate of drug-likeness (QED) is 0.743. The molecule has 0 aliphatic carbocycles. The number of hydrogen-bond donors (Lipinski definition) is 1. The summed E-state index contributed by atoms with van der Waals surface area (Å²) in [5.41, 5.74) is 11.3. The van der Waals surface area contributed by atoms with Crippen LogP contribution >= 0.6 is 0 Å². The van der Waals surface area contributed by atoms with E-state index in [0.29, 0.717) is 11.8 Å². The fourth-order valence-electron chi connectivity index (χ4n) is 2.15. The first-order valence-electron chi connectivity index (χ1n) is 6.39. The minimum atomic E-state index is 0.509. The Hall–Kier alpha value is -0.980. The zero-order valence-corrected chi connectivity index (χ0v) is 11.3. The van der Waals surface area contributed by atoms with Crippen LogP contribution in [0.15, 0.2) is 12.1 Å². The highest BCUT2D eigenvalue weighted by Gasteiger charge is 2.12. The van der Waals surface area contributed by atoms with Crippen LogP contribution in [-0.2, 0) is 6.42 Å². The van der Waals surface area contributed by atoms with E-state index in [1.54, 1.807) is 0 Å². The average molecular weight is 219 g/mol. The summed E-state index contributed by atoms with van der Waals surface area (Å²) in [6.45, 7) is 11.1. The summed E-state index contributed by atoms with van der Waals surface area (Å²) in [7, 11) is 0. The van der Waals surface area contributed by atoms with Crippen molar-refractivity contribution in [3.8, 4) is 0 Å². The molecule has 0 saturated heterocycles. The summed E-state index contributed by atoms with van der Waals surface area (Å²) in [6, 6.07) is 4.57. The fraction of sp³-hybridized carbons (Fsp3) is 0.600. The lowest BCUT2D eigenvalue weighted by Crippen LogP contribution is -2.05. The number of aryl methyl sites for hydroxylation is 1. The van der Waals surface area contributed by atoms with Crippen molar-refractivity contribution < 1.29 is 0 Å². The zero-order valence-electron chi connectivity index (χ0n) is 11.3. The second-order valence-corrected chi connectivity index (χ2v) is 5.25. The van der Waals surface area contributed by atoms with Gasteiger partial charge in [0.2, 0.25) is 0 Å². The minimum absolute atomic E-state index is 0.509. The van der Waals surface area contributed by atoms with Gasteiger partial charge in [0.1, 0.15) is 0 Å². The molecular formula is C15H25N. The first-order chi connectivity index (χ1) is 7.47. The fourth-order valence-corrected chi connectivity index (χ4v) is 2.15. The molecule has 16 heavy (non-hydrogen) atoms. The monoisotopic (exact) mass is 219 g/mol. The Morgan fingerprint density at radius 2 is 1.44 bits per heavy atom. The molecule has 0 aromatic heterocycles. The van der Waals surface area contributed by atoms with Crippen LogP contribution in [0, 0.1) is 0 Å². The molecule has 90 valence electrons. The largest absolute Gasteiger partial charge is 0.398 e. The molecule has 0 spiro atoms. The van der Waals surface area contributed by atoms with E-state index in [-0.39, 0.29) is 0 Å². The van der Waals surface area contributed by atoms with Gasteiger partial charge in [-0.2, -0.15) is 0 Å². The number of anilines is 1. The summed E-state index contributed by atoms with van der Waals surface area (Å²) >= 11 is 0. The van der Waals surface area contributed by atoms with Gasteiger partial charge in [0, 0.05) is 5.69 Å². The Kier molecular flexibility index (Phi) is 4.40. The van der Waals surface area contributed by atoms with Crippen molar-refractivity contribution in [2.45, 2.75) is 59.3 Å². The summed E-state index contributed by atoms with van der Waals surface area (Å²) in [4.78, 5) is 0. The van der Waals surface area contributed by atoms with Crippen LogP contribution in [0.4, 0.5) is 5.69 Å². The number of nitrogens with two attached hydrogens (primary N) is 1. The van der Waals surface area contributed by atoms with E-state index < -0.39 is 0 Å². The molecule has 0 radical (unpaired) electrons. The van der Waals surface area contributed by atoms with E-state index >= 15 is 0 Å². The predicted octanol–water partition coefficient (Wildman–Crippen LogP) is 4.47.